The maximum absolute atomic E-state index is 8.81. The molecule has 3 heterocycles. The highest BCUT2D eigenvalue weighted by Crippen LogP contribution is 2.32. The summed E-state index contributed by atoms with van der Waals surface area (Å²) < 4.78 is 51.2. The molecule has 56 heavy (non-hydrogen) atoms. The second-order valence-electron chi connectivity index (χ2n) is 12.6. The first-order chi connectivity index (χ1) is 28.0. The molecule has 13 heteroatoms. The van der Waals surface area contributed by atoms with E-state index in [0.29, 0.717) is 52.0 Å². The van der Waals surface area contributed by atoms with E-state index in [1.165, 1.54) is 11.1 Å². The molecule has 0 bridgehead atoms. The summed E-state index contributed by atoms with van der Waals surface area (Å²) in [6.45, 7) is 3.41. The molecule has 10 nitrogen and oxygen atoms in total. The molecule has 3 atom stereocenters. The van der Waals surface area contributed by atoms with Gasteiger partial charge in [-0.05, 0) is 58.7 Å². The number of aliphatic hydroxyl groups excluding tert-OH is 1. The van der Waals surface area contributed by atoms with Gasteiger partial charge in [0.05, 0.1) is 33.0 Å². The maximum atomic E-state index is 8.81. The summed E-state index contributed by atoms with van der Waals surface area (Å²) in [7, 11) is 0. The fourth-order valence-corrected chi connectivity index (χ4v) is 6.26. The van der Waals surface area contributed by atoms with E-state index in [1.807, 2.05) is 72.8 Å². The minimum Gasteiger partial charge on any atom is -0.888 e. The lowest BCUT2D eigenvalue weighted by atomic mass is 10.1. The van der Waals surface area contributed by atoms with Crippen molar-refractivity contribution in [3.05, 3.63) is 144 Å². The Morgan fingerprint density at radius 3 is 1.18 bits per heavy atom. The zero-order valence-corrected chi connectivity index (χ0v) is 34.0. The Bertz CT molecular complexity index is 1780. The van der Waals surface area contributed by atoms with Crippen LogP contribution in [0.15, 0.2) is 121 Å². The Balaban J connectivity index is 0.000000201. The number of rotatable bonds is 11. The molecule has 0 aliphatic carbocycles. The smallest absolute Gasteiger partial charge is 0.161 e. The zero-order chi connectivity index (χ0) is 40.1. The molecule has 0 aromatic heterocycles. The van der Waals surface area contributed by atoms with E-state index in [-0.39, 0.29) is 32.9 Å². The molecule has 0 saturated carbocycles. The third kappa shape index (κ3) is 13.5. The summed E-state index contributed by atoms with van der Waals surface area (Å²) in [4.78, 5) is 0. The maximum Gasteiger partial charge on any atom is 0.161 e. The van der Waals surface area contributed by atoms with E-state index in [9.17, 15) is 0 Å². The van der Waals surface area contributed by atoms with Crippen molar-refractivity contribution in [3.8, 4) is 34.5 Å². The molecule has 1 N–H and O–H groups in total. The Kier molecular flexibility index (Phi) is 17.6. The van der Waals surface area contributed by atoms with E-state index in [4.69, 9.17) is 49.4 Å². The molecule has 1 radical (unpaired) electrons. The van der Waals surface area contributed by atoms with Gasteiger partial charge < -0.3 is 48.0 Å². The van der Waals surface area contributed by atoms with Gasteiger partial charge >= 0.3 is 0 Å². The first kappa shape index (κ1) is 41.4. The molecule has 0 spiro atoms. The number of hydrogen-bond donors (Lipinski definition) is 1. The van der Waals surface area contributed by atoms with Gasteiger partial charge in [0.25, 0.3) is 0 Å². The Morgan fingerprint density at radius 1 is 0.536 bits per heavy atom. The summed E-state index contributed by atoms with van der Waals surface area (Å²) in [6.07, 6.45) is -0.425. The van der Waals surface area contributed by atoms with Crippen LogP contribution in [-0.2, 0) is 33.3 Å². The summed E-state index contributed by atoms with van der Waals surface area (Å²) in [5.41, 5.74) is 4.85. The summed E-state index contributed by atoms with van der Waals surface area (Å²) in [5.74, 6) is 4.57. The van der Waals surface area contributed by atoms with Crippen molar-refractivity contribution < 1.29 is 48.0 Å². The third-order valence-electron chi connectivity index (χ3n) is 8.41. The quantitative estimate of drug-likeness (QED) is 0.112. The molecule has 3 unspecified atom stereocenters. The van der Waals surface area contributed by atoms with Crippen molar-refractivity contribution in [2.75, 3.05) is 39.6 Å². The van der Waals surface area contributed by atoms with Gasteiger partial charge in [-0.3, -0.25) is 0 Å². The monoisotopic (exact) mass is 891 g/mol. The van der Waals surface area contributed by atoms with Crippen molar-refractivity contribution in [1.29, 1.82) is 1.34 Å². The van der Waals surface area contributed by atoms with Crippen LogP contribution in [0.5, 0.6) is 34.5 Å². The fraction of sp³-hybridized carbons (Fsp3) is 0.302. The zero-order valence-electron chi connectivity index (χ0n) is 31.8. The molecule has 0 saturated heterocycles. The van der Waals surface area contributed by atoms with Gasteiger partial charge in [-0.25, -0.2) is 0 Å². The molecule has 5 aromatic carbocycles. The van der Waals surface area contributed by atoms with Crippen LogP contribution >= 0.6 is 31.9 Å². The molecular formula is C43H45BBr2O10-. The van der Waals surface area contributed by atoms with Crippen molar-refractivity contribution in [3.63, 3.8) is 0 Å². The van der Waals surface area contributed by atoms with Crippen molar-refractivity contribution >= 4 is 39.9 Å². The van der Waals surface area contributed by atoms with Crippen LogP contribution in [-0.4, -0.2) is 72.4 Å². The van der Waals surface area contributed by atoms with Crippen LogP contribution in [0.2, 0.25) is 0 Å². The van der Waals surface area contributed by atoms with Gasteiger partial charge in [0.15, 0.2) is 52.8 Å². The van der Waals surface area contributed by atoms with E-state index < -0.39 is 0 Å². The fourth-order valence-electron chi connectivity index (χ4n) is 5.51. The lowest BCUT2D eigenvalue weighted by molar-refractivity contribution is -0.169. The second kappa shape index (κ2) is 23.7. The molecular weight excluding hydrogens is 847 g/mol. The molecule has 295 valence electrons. The number of para-hydroxylation sites is 6. The van der Waals surface area contributed by atoms with Gasteiger partial charge in [0.2, 0.25) is 0 Å². The van der Waals surface area contributed by atoms with E-state index in [0.717, 1.165) is 50.5 Å². The highest BCUT2D eigenvalue weighted by molar-refractivity contribution is 9.08. The lowest BCUT2D eigenvalue weighted by Gasteiger charge is -2.26. The molecule has 3 aliphatic heterocycles. The highest BCUT2D eigenvalue weighted by atomic mass is 79.9. The van der Waals surface area contributed by atoms with Gasteiger partial charge in [-0.15, -0.1) is 0 Å². The summed E-state index contributed by atoms with van der Waals surface area (Å²) in [5, 5.41) is 19.2. The molecule has 3 aliphatic rings. The SMILES string of the molecule is BrCc1ccc(CBr)cc1.OCC1COc2ccccc2O1.[2H][B][O-].c1ccc2c(c1)OCC(COCc1ccc(COCC3COc4ccccc4O3)cc1)O2. The summed E-state index contributed by atoms with van der Waals surface area (Å²) in [6, 6.07) is 39.6. The van der Waals surface area contributed by atoms with Crippen LogP contribution < -0.4 is 33.4 Å². The number of aliphatic hydroxyl groups is 1. The van der Waals surface area contributed by atoms with Crippen LogP contribution in [0.3, 0.4) is 0 Å². The largest absolute Gasteiger partial charge is 0.888 e. The van der Waals surface area contributed by atoms with Crippen LogP contribution in [0.1, 0.15) is 22.3 Å². The number of ether oxygens (including phenoxy) is 8. The summed E-state index contributed by atoms with van der Waals surface area (Å²) >= 11 is 6.78. The molecule has 8 rings (SSSR count). The number of alkyl halides is 2. The van der Waals surface area contributed by atoms with Crippen molar-refractivity contribution in [2.45, 2.75) is 42.2 Å². The first-order valence-corrected chi connectivity index (χ1v) is 20.3. The number of fused-ring (bicyclic) bond motifs is 3. The van der Waals surface area contributed by atoms with E-state index in [1.54, 1.807) is 0 Å². The topological polar surface area (TPSA) is 117 Å². The van der Waals surface area contributed by atoms with Gasteiger partial charge in [-0.1, -0.05) is 126 Å². The minimum atomic E-state index is -0.222. The second-order valence-corrected chi connectivity index (χ2v) is 13.7. The number of hydrogen-bond acceptors (Lipinski definition) is 10. The molecule has 5 aromatic rings. The number of benzene rings is 5. The van der Waals surface area contributed by atoms with Gasteiger partial charge in [-0.2, -0.15) is 0 Å². The highest BCUT2D eigenvalue weighted by Gasteiger charge is 2.22. The van der Waals surface area contributed by atoms with E-state index >= 15 is 0 Å². The standard InChI is InChI=1S/C26H26O6.C9H10O3.C8H8Br2.BHO/c1-3-7-25-23(5-1)29-17-21(31-25)15-27-13-19-9-11-20(12-10-19)14-28-16-22-18-30-24-6-2-4-8-26(24)32-22;10-5-7-6-11-8-3-1-2-4-9(8)12-7;9-5-7-1-2-8(6-10)4-3-7;1-2/h1-12,21-22H,13-18H2;1-4,7,10H,5-6H2;1-4H,5-6H2;1H/q;;;-1/i;;;1D. The minimum absolute atomic E-state index is 0. The number of halogens is 2. The average Bonchev–Trinajstić information content (AvgIpc) is 3.27. The Hall–Kier alpha value is -4.24. The van der Waals surface area contributed by atoms with Crippen molar-refractivity contribution in [1.82, 2.24) is 0 Å². The predicted molar refractivity (Wildman–Crippen MR) is 221 cm³/mol. The first-order valence-electron chi connectivity index (χ1n) is 18.6. The van der Waals surface area contributed by atoms with Crippen LogP contribution in [0.25, 0.3) is 0 Å². The molecule has 0 amide bonds. The van der Waals surface area contributed by atoms with Crippen LogP contribution in [0.4, 0.5) is 0 Å². The van der Waals surface area contributed by atoms with Crippen LogP contribution in [0, 0.1) is 0 Å². The van der Waals surface area contributed by atoms with E-state index in [2.05, 4.69) is 80.4 Å². The lowest BCUT2D eigenvalue weighted by Crippen LogP contribution is -2.33. The van der Waals surface area contributed by atoms with Crippen molar-refractivity contribution in [2.24, 2.45) is 0 Å². The van der Waals surface area contributed by atoms with Gasteiger partial charge in [0.1, 0.15) is 19.8 Å². The Morgan fingerprint density at radius 2 is 0.839 bits per heavy atom. The predicted octanol–water partition coefficient (Wildman–Crippen LogP) is 6.86. The normalized spacial score (nSPS) is 17.2. The molecule has 0 fully saturated rings. The van der Waals surface area contributed by atoms with Gasteiger partial charge in [0, 0.05) is 10.7 Å². The third-order valence-corrected chi connectivity index (χ3v) is 9.70. The average molecular weight is 893 g/mol. The Labute approximate surface area is 347 Å².